The van der Waals surface area contributed by atoms with Gasteiger partial charge in [-0.15, -0.1) is 0 Å². The Bertz CT molecular complexity index is 1040. The first-order chi connectivity index (χ1) is 19.0. The van der Waals surface area contributed by atoms with E-state index in [0.29, 0.717) is 0 Å². The molecule has 0 aliphatic carbocycles. The van der Waals surface area contributed by atoms with Gasteiger partial charge in [-0.1, -0.05) is 56.1 Å². The Labute approximate surface area is 247 Å². The molecule has 0 heterocycles. The number of hydrogen-bond acceptors (Lipinski definition) is 8. The van der Waals surface area contributed by atoms with Gasteiger partial charge in [0.1, 0.15) is 12.1 Å². The summed E-state index contributed by atoms with van der Waals surface area (Å²) in [5.41, 5.74) is 1.55. The van der Waals surface area contributed by atoms with E-state index in [1.807, 2.05) is 0 Å². The van der Waals surface area contributed by atoms with Crippen molar-refractivity contribution in [1.82, 2.24) is 9.80 Å². The van der Waals surface area contributed by atoms with Crippen LogP contribution in [0.4, 0.5) is 0 Å². The quantitative estimate of drug-likeness (QED) is 0.170. The van der Waals surface area contributed by atoms with Crippen molar-refractivity contribution in [1.29, 1.82) is 0 Å². The molecule has 4 N–H and O–H groups in total. The van der Waals surface area contributed by atoms with Crippen molar-refractivity contribution in [2.24, 2.45) is 0 Å². The number of halogens is 2. The minimum atomic E-state index is -1.38. The first kappa shape index (κ1) is 33.3. The highest BCUT2D eigenvalue weighted by atomic mass is 79.9. The third-order valence-corrected chi connectivity index (χ3v) is 6.78. The number of aliphatic carboxylic acids is 4. The lowest BCUT2D eigenvalue weighted by Crippen LogP contribution is -2.53. The highest BCUT2D eigenvalue weighted by molar-refractivity contribution is 9.10. The molecule has 2 aromatic rings. The van der Waals surface area contributed by atoms with E-state index in [2.05, 4.69) is 31.9 Å². The summed E-state index contributed by atoms with van der Waals surface area (Å²) in [6.07, 6.45) is 0. The molecule has 2 unspecified atom stereocenters. The Balaban J connectivity index is 2.09. The molecule has 0 saturated heterocycles. The lowest BCUT2D eigenvalue weighted by atomic mass is 10.2. The average molecular weight is 690 g/mol. The molecular weight excluding hydrogens is 660 g/mol. The number of benzene rings is 2. The number of ether oxygens (including phenoxy) is 2. The molecule has 14 heteroatoms. The standard InChI is InChI=1S/C26H30Br2N2O10/c27-19-5-1-17(2-6-19)13-39-15-21(25(35)36)29(11-23(31)32)9-10-30(12-24(33)34)22(26(37)38)16-40-14-18-3-7-20(28)8-4-18/h1-8,21-22H,9-16H2,(H,31,32)(H,33,34)(H,35,36)(H,37,38). The molecule has 0 aliphatic heterocycles. The number of nitrogens with zero attached hydrogens (tertiary/aromatic N) is 2. The molecule has 0 radical (unpaired) electrons. The topological polar surface area (TPSA) is 174 Å². The third kappa shape index (κ3) is 12.1. The smallest absolute Gasteiger partial charge is 0.323 e. The summed E-state index contributed by atoms with van der Waals surface area (Å²) in [6, 6.07) is 11.5. The Morgan fingerprint density at radius 1 is 0.625 bits per heavy atom. The monoisotopic (exact) mass is 688 g/mol. The van der Waals surface area contributed by atoms with E-state index in [4.69, 9.17) is 9.47 Å². The summed E-state index contributed by atoms with van der Waals surface area (Å²) in [5.74, 6) is -5.29. The van der Waals surface area contributed by atoms with Gasteiger partial charge >= 0.3 is 23.9 Å². The van der Waals surface area contributed by atoms with E-state index in [9.17, 15) is 39.6 Å². The van der Waals surface area contributed by atoms with Gasteiger partial charge in [-0.2, -0.15) is 0 Å². The van der Waals surface area contributed by atoms with Crippen molar-refractivity contribution in [3.63, 3.8) is 0 Å². The van der Waals surface area contributed by atoms with Gasteiger partial charge in [0.15, 0.2) is 0 Å². The fourth-order valence-corrected chi connectivity index (χ4v) is 4.23. The number of carboxylic acid groups (broad SMARTS) is 4. The Kier molecular flexibility index (Phi) is 14.2. The molecule has 40 heavy (non-hydrogen) atoms. The molecule has 0 aliphatic rings. The van der Waals surface area contributed by atoms with E-state index in [1.54, 1.807) is 48.5 Å². The molecule has 0 spiro atoms. The van der Waals surface area contributed by atoms with E-state index in [0.717, 1.165) is 29.9 Å². The molecule has 0 bridgehead atoms. The molecule has 0 amide bonds. The highest BCUT2D eigenvalue weighted by Crippen LogP contribution is 2.14. The van der Waals surface area contributed by atoms with Crippen LogP contribution in [-0.4, -0.2) is 106 Å². The van der Waals surface area contributed by atoms with Crippen molar-refractivity contribution in [2.45, 2.75) is 25.3 Å². The summed E-state index contributed by atoms with van der Waals surface area (Å²) in [7, 11) is 0. The van der Waals surface area contributed by atoms with Crippen LogP contribution in [0.5, 0.6) is 0 Å². The van der Waals surface area contributed by atoms with Gasteiger partial charge in [-0.05, 0) is 35.4 Å². The SMILES string of the molecule is O=C(O)CN(CCN(CC(=O)O)C(COCc1ccc(Br)cc1)C(=O)O)C(COCc1ccc(Br)cc1)C(=O)O. The molecule has 0 saturated carbocycles. The predicted octanol–water partition coefficient (Wildman–Crippen LogP) is 2.62. The molecule has 218 valence electrons. The Morgan fingerprint density at radius 3 is 1.23 bits per heavy atom. The summed E-state index contributed by atoms with van der Waals surface area (Å²) in [6.45, 7) is -2.41. The van der Waals surface area contributed by atoms with Crippen LogP contribution < -0.4 is 0 Å². The molecule has 2 atom stereocenters. The molecule has 0 aromatic heterocycles. The van der Waals surface area contributed by atoms with Gasteiger partial charge < -0.3 is 29.9 Å². The zero-order valence-electron chi connectivity index (χ0n) is 21.3. The first-order valence-electron chi connectivity index (χ1n) is 12.0. The van der Waals surface area contributed by atoms with Crippen molar-refractivity contribution < 1.29 is 49.1 Å². The maximum Gasteiger partial charge on any atom is 0.323 e. The second-order valence-electron chi connectivity index (χ2n) is 8.72. The van der Waals surface area contributed by atoms with Crippen LogP contribution in [0, 0.1) is 0 Å². The largest absolute Gasteiger partial charge is 0.480 e. The number of carboxylic acids is 4. The minimum Gasteiger partial charge on any atom is -0.480 e. The second kappa shape index (κ2) is 17.0. The fourth-order valence-electron chi connectivity index (χ4n) is 3.70. The van der Waals surface area contributed by atoms with Crippen LogP contribution in [0.3, 0.4) is 0 Å². The summed E-state index contributed by atoms with van der Waals surface area (Å²) in [4.78, 5) is 49.3. The van der Waals surface area contributed by atoms with Crippen molar-refractivity contribution in [2.75, 3.05) is 39.4 Å². The highest BCUT2D eigenvalue weighted by Gasteiger charge is 2.32. The average Bonchev–Trinajstić information content (AvgIpc) is 2.88. The summed E-state index contributed by atoms with van der Waals surface area (Å²) < 4.78 is 12.8. The van der Waals surface area contributed by atoms with Crippen molar-refractivity contribution in [3.05, 3.63) is 68.6 Å². The number of carbonyl (C=O) groups is 4. The fraction of sp³-hybridized carbons (Fsp3) is 0.385. The maximum absolute atomic E-state index is 12.0. The van der Waals surface area contributed by atoms with Gasteiger partial charge in [0, 0.05) is 22.0 Å². The summed E-state index contributed by atoms with van der Waals surface area (Å²) >= 11 is 6.64. The van der Waals surface area contributed by atoms with Crippen LogP contribution in [0.25, 0.3) is 0 Å². The summed E-state index contributed by atoms with van der Waals surface area (Å²) in [5, 5.41) is 38.4. The Hall–Kier alpha value is -2.88. The van der Waals surface area contributed by atoms with Crippen molar-refractivity contribution in [3.8, 4) is 0 Å². The molecule has 12 nitrogen and oxygen atoms in total. The van der Waals surface area contributed by atoms with E-state index >= 15 is 0 Å². The van der Waals surface area contributed by atoms with Crippen LogP contribution in [0.15, 0.2) is 57.5 Å². The van der Waals surface area contributed by atoms with Crippen molar-refractivity contribution >= 4 is 55.7 Å². The lowest BCUT2D eigenvalue weighted by molar-refractivity contribution is -0.153. The normalized spacial score (nSPS) is 12.8. The minimum absolute atomic E-state index is 0.0832. The zero-order valence-corrected chi connectivity index (χ0v) is 24.5. The third-order valence-electron chi connectivity index (χ3n) is 5.72. The molecule has 0 fully saturated rings. The van der Waals surface area contributed by atoms with Gasteiger partial charge in [-0.3, -0.25) is 29.0 Å². The molecular formula is C26H30Br2N2O10. The van der Waals surface area contributed by atoms with Gasteiger partial charge in [0.2, 0.25) is 0 Å². The van der Waals surface area contributed by atoms with Gasteiger partial charge in [0.25, 0.3) is 0 Å². The van der Waals surface area contributed by atoms with Crippen LogP contribution >= 0.6 is 31.9 Å². The van der Waals surface area contributed by atoms with E-state index in [1.165, 1.54) is 0 Å². The number of rotatable bonds is 19. The van der Waals surface area contributed by atoms with Crippen LogP contribution in [0.1, 0.15) is 11.1 Å². The van der Waals surface area contributed by atoms with E-state index < -0.39 is 49.1 Å². The predicted molar refractivity (Wildman–Crippen MR) is 149 cm³/mol. The molecule has 2 aromatic carbocycles. The van der Waals surface area contributed by atoms with E-state index in [-0.39, 0.29) is 39.5 Å². The maximum atomic E-state index is 12.0. The zero-order chi connectivity index (χ0) is 29.7. The Morgan fingerprint density at radius 2 is 0.950 bits per heavy atom. The number of hydrogen-bond donors (Lipinski definition) is 4. The van der Waals surface area contributed by atoms with Gasteiger partial charge in [0.05, 0.1) is 39.5 Å². The molecule has 2 rings (SSSR count). The van der Waals surface area contributed by atoms with Gasteiger partial charge in [-0.25, -0.2) is 0 Å². The lowest BCUT2D eigenvalue weighted by Gasteiger charge is -2.32. The first-order valence-corrected chi connectivity index (χ1v) is 13.6. The van der Waals surface area contributed by atoms with Crippen LogP contribution in [-0.2, 0) is 41.9 Å². The van der Waals surface area contributed by atoms with Crippen LogP contribution in [0.2, 0.25) is 0 Å². The second-order valence-corrected chi connectivity index (χ2v) is 10.6.